The van der Waals surface area contributed by atoms with Gasteiger partial charge in [-0.15, -0.1) is 11.3 Å². The second kappa shape index (κ2) is 8.66. The number of hydrogen-bond donors (Lipinski definition) is 0. The molecule has 0 saturated carbocycles. The standard InChI is InChI=1S/C26H26N6O2S/c1-16-24(35-17(2)28-16)20-11-27-26-29-21(14-32(26)13-20)25(34)31-10-8-22(23(33)15-31)30-9-7-18-5-3-4-6-19(18)12-30/h3-6,11,13-14,22H,7-10,12,15H2,1-2H3/t22-/m0/s1. The summed E-state index contributed by atoms with van der Waals surface area (Å²) in [6.45, 7) is 6.29. The fraction of sp³-hybridized carbons (Fsp3) is 0.346. The average molecular weight is 487 g/mol. The highest BCUT2D eigenvalue weighted by atomic mass is 32.1. The highest BCUT2D eigenvalue weighted by Crippen LogP contribution is 2.29. The number of carbonyl (C=O) groups is 2. The molecule has 0 N–H and O–H groups in total. The Hall–Kier alpha value is -3.43. The molecule has 8 nitrogen and oxygen atoms in total. The van der Waals surface area contributed by atoms with Gasteiger partial charge < -0.3 is 4.90 Å². The number of aryl methyl sites for hydroxylation is 2. The van der Waals surface area contributed by atoms with Gasteiger partial charge in [-0.05, 0) is 37.8 Å². The van der Waals surface area contributed by atoms with Crippen LogP contribution in [0.1, 0.15) is 38.7 Å². The Morgan fingerprint density at radius 2 is 1.89 bits per heavy atom. The largest absolute Gasteiger partial charge is 0.330 e. The fourth-order valence-electron chi connectivity index (χ4n) is 5.22. The Morgan fingerprint density at radius 1 is 1.06 bits per heavy atom. The number of piperidine rings is 1. The van der Waals surface area contributed by atoms with E-state index >= 15 is 0 Å². The topological polar surface area (TPSA) is 83.7 Å². The van der Waals surface area contributed by atoms with Crippen molar-refractivity contribution < 1.29 is 9.59 Å². The van der Waals surface area contributed by atoms with Gasteiger partial charge in [0.15, 0.2) is 5.78 Å². The monoisotopic (exact) mass is 486 g/mol. The van der Waals surface area contributed by atoms with Crippen molar-refractivity contribution in [3.05, 3.63) is 70.4 Å². The summed E-state index contributed by atoms with van der Waals surface area (Å²) < 4.78 is 1.77. The molecule has 0 spiro atoms. The summed E-state index contributed by atoms with van der Waals surface area (Å²) in [6.07, 6.45) is 7.00. The summed E-state index contributed by atoms with van der Waals surface area (Å²) in [5.74, 6) is 0.339. The van der Waals surface area contributed by atoms with E-state index in [1.165, 1.54) is 11.1 Å². The molecule has 0 bridgehead atoms. The molecular weight excluding hydrogens is 460 g/mol. The summed E-state index contributed by atoms with van der Waals surface area (Å²) in [5.41, 5.74) is 4.88. The molecule has 0 unspecified atom stereocenters. The van der Waals surface area contributed by atoms with E-state index in [0.717, 1.165) is 40.7 Å². The highest BCUT2D eigenvalue weighted by molar-refractivity contribution is 7.15. The van der Waals surface area contributed by atoms with Gasteiger partial charge in [-0.1, -0.05) is 24.3 Å². The van der Waals surface area contributed by atoms with Crippen molar-refractivity contribution in [3.8, 4) is 10.4 Å². The van der Waals surface area contributed by atoms with E-state index in [-0.39, 0.29) is 24.3 Å². The lowest BCUT2D eigenvalue weighted by atomic mass is 9.95. The molecule has 5 heterocycles. The lowest BCUT2D eigenvalue weighted by Gasteiger charge is -2.39. The summed E-state index contributed by atoms with van der Waals surface area (Å²) in [5, 5.41) is 1.00. The van der Waals surface area contributed by atoms with Crippen LogP contribution >= 0.6 is 11.3 Å². The van der Waals surface area contributed by atoms with Crippen LogP contribution in [0.25, 0.3) is 16.2 Å². The van der Waals surface area contributed by atoms with E-state index in [2.05, 4.69) is 44.1 Å². The van der Waals surface area contributed by atoms with Gasteiger partial charge in [-0.2, -0.15) is 0 Å². The SMILES string of the molecule is Cc1nc(C)c(-c2cnc3nc(C(=O)N4CC[C@H](N5CCc6ccccc6C5)C(=O)C4)cn3c2)s1. The number of benzene rings is 1. The first-order valence-corrected chi connectivity index (χ1v) is 12.7. The van der Waals surface area contributed by atoms with Crippen LogP contribution in [0.3, 0.4) is 0 Å². The molecule has 35 heavy (non-hydrogen) atoms. The minimum Gasteiger partial charge on any atom is -0.330 e. The summed E-state index contributed by atoms with van der Waals surface area (Å²) >= 11 is 1.62. The third-order valence-electron chi connectivity index (χ3n) is 6.97. The molecule has 3 aromatic heterocycles. The van der Waals surface area contributed by atoms with Crippen molar-refractivity contribution in [3.63, 3.8) is 0 Å². The molecule has 2 aliphatic heterocycles. The van der Waals surface area contributed by atoms with Gasteiger partial charge in [-0.3, -0.25) is 18.9 Å². The van der Waals surface area contributed by atoms with Crippen LogP contribution in [0.2, 0.25) is 0 Å². The first-order chi connectivity index (χ1) is 17.0. The number of thiazole rings is 1. The smallest absolute Gasteiger partial charge is 0.274 e. The van der Waals surface area contributed by atoms with Gasteiger partial charge >= 0.3 is 0 Å². The summed E-state index contributed by atoms with van der Waals surface area (Å²) in [6, 6.07) is 8.30. The van der Waals surface area contributed by atoms with Gasteiger partial charge in [0.2, 0.25) is 5.78 Å². The molecule has 4 aromatic rings. The molecule has 1 atom stereocenters. The van der Waals surface area contributed by atoms with Crippen molar-refractivity contribution in [2.24, 2.45) is 0 Å². The quantitative estimate of drug-likeness (QED) is 0.442. The Labute approximate surface area is 207 Å². The maximum absolute atomic E-state index is 13.2. The number of fused-ring (bicyclic) bond motifs is 2. The number of ketones is 1. The lowest BCUT2D eigenvalue weighted by molar-refractivity contribution is -0.128. The van der Waals surface area contributed by atoms with Crippen molar-refractivity contribution in [2.75, 3.05) is 19.6 Å². The fourth-order valence-corrected chi connectivity index (χ4v) is 6.12. The molecule has 9 heteroatoms. The Kier molecular flexibility index (Phi) is 5.46. The van der Waals surface area contributed by atoms with Crippen LogP contribution in [0.5, 0.6) is 0 Å². The Morgan fingerprint density at radius 3 is 2.66 bits per heavy atom. The highest BCUT2D eigenvalue weighted by Gasteiger charge is 2.35. The number of hydrogen-bond acceptors (Lipinski definition) is 7. The van der Waals surface area contributed by atoms with E-state index in [9.17, 15) is 9.59 Å². The number of amides is 1. The lowest BCUT2D eigenvalue weighted by Crippen LogP contribution is -2.54. The number of rotatable bonds is 3. The number of imidazole rings is 1. The zero-order valence-corrected chi connectivity index (χ0v) is 20.6. The Bertz CT molecular complexity index is 1460. The predicted molar refractivity (Wildman–Crippen MR) is 133 cm³/mol. The molecule has 1 amide bonds. The number of carbonyl (C=O) groups excluding carboxylic acids is 2. The molecule has 178 valence electrons. The second-order valence-corrected chi connectivity index (χ2v) is 10.5. The number of aromatic nitrogens is 4. The van der Waals surface area contributed by atoms with E-state index in [4.69, 9.17) is 0 Å². The molecule has 0 radical (unpaired) electrons. The van der Waals surface area contributed by atoms with Crippen LogP contribution in [0.15, 0.2) is 42.9 Å². The Balaban J connectivity index is 1.17. The van der Waals surface area contributed by atoms with E-state index in [0.29, 0.717) is 24.4 Å². The molecule has 2 aliphatic rings. The van der Waals surface area contributed by atoms with Gasteiger partial charge in [0.25, 0.3) is 5.91 Å². The molecular formula is C26H26N6O2S. The average Bonchev–Trinajstić information content (AvgIpc) is 3.44. The minimum atomic E-state index is -0.224. The van der Waals surface area contributed by atoms with Gasteiger partial charge in [0, 0.05) is 43.8 Å². The van der Waals surface area contributed by atoms with Crippen LogP contribution < -0.4 is 0 Å². The third kappa shape index (κ3) is 4.04. The number of likely N-dealkylation sites (tertiary alicyclic amines) is 1. The maximum Gasteiger partial charge on any atom is 0.274 e. The molecule has 1 saturated heterocycles. The molecule has 0 aliphatic carbocycles. The normalized spacial score (nSPS) is 18.7. The predicted octanol–water partition coefficient (Wildman–Crippen LogP) is 3.31. The molecule has 1 aromatic carbocycles. The minimum absolute atomic E-state index is 0.101. The first kappa shape index (κ1) is 22.1. The van der Waals surface area contributed by atoms with Crippen LogP contribution in [-0.2, 0) is 17.8 Å². The first-order valence-electron chi connectivity index (χ1n) is 11.9. The van der Waals surface area contributed by atoms with Crippen molar-refractivity contribution in [1.82, 2.24) is 29.2 Å². The van der Waals surface area contributed by atoms with Gasteiger partial charge in [-0.25, -0.2) is 15.0 Å². The van der Waals surface area contributed by atoms with Crippen LogP contribution in [0.4, 0.5) is 0 Å². The van der Waals surface area contributed by atoms with E-state index in [1.54, 1.807) is 33.0 Å². The number of nitrogens with zero attached hydrogens (tertiary/aromatic N) is 6. The van der Waals surface area contributed by atoms with Crippen LogP contribution in [-0.4, -0.2) is 66.5 Å². The van der Waals surface area contributed by atoms with E-state index < -0.39 is 0 Å². The van der Waals surface area contributed by atoms with Crippen molar-refractivity contribution in [2.45, 2.75) is 39.3 Å². The maximum atomic E-state index is 13.2. The van der Waals surface area contributed by atoms with E-state index in [1.807, 2.05) is 20.0 Å². The second-order valence-electron chi connectivity index (χ2n) is 9.31. The zero-order valence-electron chi connectivity index (χ0n) is 19.8. The van der Waals surface area contributed by atoms with Gasteiger partial charge in [0.05, 0.1) is 28.2 Å². The summed E-state index contributed by atoms with van der Waals surface area (Å²) in [4.78, 5) is 44.6. The number of Topliss-reactive ketones (excluding diaryl/α,β-unsaturated/α-hetero) is 1. The summed E-state index contributed by atoms with van der Waals surface area (Å²) in [7, 11) is 0. The van der Waals surface area contributed by atoms with Gasteiger partial charge in [0.1, 0.15) is 5.69 Å². The third-order valence-corrected chi connectivity index (χ3v) is 8.10. The molecule has 6 rings (SSSR count). The zero-order chi connectivity index (χ0) is 24.1. The van der Waals surface area contributed by atoms with Crippen molar-refractivity contribution >= 4 is 28.8 Å². The van der Waals surface area contributed by atoms with Crippen LogP contribution in [0, 0.1) is 13.8 Å². The van der Waals surface area contributed by atoms with Crippen molar-refractivity contribution in [1.29, 1.82) is 0 Å². The molecule has 1 fully saturated rings.